The van der Waals surface area contributed by atoms with E-state index in [9.17, 15) is 9.59 Å². The summed E-state index contributed by atoms with van der Waals surface area (Å²) in [7, 11) is 1.70. The zero-order valence-electron chi connectivity index (χ0n) is 16.0. The average molecular weight is 388 g/mol. The van der Waals surface area contributed by atoms with Gasteiger partial charge in [0.1, 0.15) is 0 Å². The summed E-state index contributed by atoms with van der Waals surface area (Å²) in [5.41, 5.74) is 2.33. The molecule has 1 atom stereocenters. The van der Waals surface area contributed by atoms with Gasteiger partial charge in [0.15, 0.2) is 10.9 Å². The molecule has 0 unspecified atom stereocenters. The summed E-state index contributed by atoms with van der Waals surface area (Å²) in [5, 5.41) is 2.83. The lowest BCUT2D eigenvalue weighted by Crippen LogP contribution is -2.22. The minimum atomic E-state index is -0.348. The molecule has 0 fully saturated rings. The van der Waals surface area contributed by atoms with Crippen LogP contribution in [0.1, 0.15) is 22.8 Å². The standard InChI is InChI=1S/C23H20N2O2S/c1-14-8-10-16(11-9-14)21(26)15(2)28-23-24-20-13-18-7-5-4-6-17(18)12-19(20)22(27)25(23)3/h4-13,15H,1-3H3/t15-/m1/s1. The highest BCUT2D eigenvalue weighted by Gasteiger charge is 2.19. The Labute approximate surface area is 167 Å². The van der Waals surface area contributed by atoms with Gasteiger partial charge in [-0.2, -0.15) is 0 Å². The summed E-state index contributed by atoms with van der Waals surface area (Å²) in [5.74, 6) is 0.0258. The van der Waals surface area contributed by atoms with Gasteiger partial charge in [0.2, 0.25) is 0 Å². The van der Waals surface area contributed by atoms with E-state index in [1.165, 1.54) is 16.3 Å². The molecule has 0 aliphatic carbocycles. The quantitative estimate of drug-likeness (QED) is 0.219. The minimum Gasteiger partial charge on any atom is -0.293 e. The fourth-order valence-corrected chi connectivity index (χ4v) is 4.16. The second-order valence-electron chi connectivity index (χ2n) is 6.97. The molecule has 0 spiro atoms. The Bertz CT molecular complexity index is 1260. The normalized spacial score (nSPS) is 12.4. The molecule has 0 N–H and O–H groups in total. The Hall–Kier alpha value is -2.92. The van der Waals surface area contributed by atoms with Crippen molar-refractivity contribution in [3.05, 3.63) is 82.1 Å². The molecule has 1 heterocycles. The summed E-state index contributed by atoms with van der Waals surface area (Å²) in [4.78, 5) is 30.3. The number of rotatable bonds is 4. The lowest BCUT2D eigenvalue weighted by atomic mass is 10.1. The Balaban J connectivity index is 1.72. The Morgan fingerprint density at radius 1 is 1.04 bits per heavy atom. The van der Waals surface area contributed by atoms with Gasteiger partial charge < -0.3 is 0 Å². The van der Waals surface area contributed by atoms with E-state index in [0.29, 0.717) is 21.6 Å². The molecule has 0 bridgehead atoms. The van der Waals surface area contributed by atoms with Crippen LogP contribution in [0.3, 0.4) is 0 Å². The van der Waals surface area contributed by atoms with Crippen LogP contribution in [0, 0.1) is 6.92 Å². The molecule has 5 heteroatoms. The number of benzene rings is 3. The second kappa shape index (κ2) is 7.24. The van der Waals surface area contributed by atoms with Crippen molar-refractivity contribution >= 4 is 39.2 Å². The minimum absolute atomic E-state index is 0.0258. The number of carbonyl (C=O) groups excluding carboxylic acids is 1. The van der Waals surface area contributed by atoms with Gasteiger partial charge in [0, 0.05) is 12.6 Å². The predicted octanol–water partition coefficient (Wildman–Crippen LogP) is 4.76. The van der Waals surface area contributed by atoms with Crippen molar-refractivity contribution in [3.8, 4) is 0 Å². The molecule has 28 heavy (non-hydrogen) atoms. The van der Waals surface area contributed by atoms with Gasteiger partial charge in [0.25, 0.3) is 5.56 Å². The smallest absolute Gasteiger partial charge is 0.261 e. The van der Waals surface area contributed by atoms with Crippen LogP contribution < -0.4 is 5.56 Å². The van der Waals surface area contributed by atoms with Crippen LogP contribution in [0.5, 0.6) is 0 Å². The van der Waals surface area contributed by atoms with Gasteiger partial charge >= 0.3 is 0 Å². The van der Waals surface area contributed by atoms with E-state index in [-0.39, 0.29) is 16.6 Å². The average Bonchev–Trinajstić information content (AvgIpc) is 2.70. The van der Waals surface area contributed by atoms with Gasteiger partial charge in [0.05, 0.1) is 16.2 Å². The van der Waals surface area contributed by atoms with Crippen LogP contribution in [-0.4, -0.2) is 20.6 Å². The zero-order chi connectivity index (χ0) is 19.8. The van der Waals surface area contributed by atoms with Crippen LogP contribution in [-0.2, 0) is 7.05 Å². The molecule has 0 aliphatic rings. The maximum Gasteiger partial charge on any atom is 0.261 e. The molecule has 0 radical (unpaired) electrons. The molecule has 0 aliphatic heterocycles. The van der Waals surface area contributed by atoms with E-state index in [1.807, 2.05) is 74.5 Å². The third-order valence-corrected chi connectivity index (χ3v) is 6.03. The highest BCUT2D eigenvalue weighted by molar-refractivity contribution is 8.00. The van der Waals surface area contributed by atoms with Crippen LogP contribution in [0.2, 0.25) is 0 Å². The number of nitrogens with zero attached hydrogens (tertiary/aromatic N) is 2. The number of ketones is 1. The van der Waals surface area contributed by atoms with E-state index < -0.39 is 0 Å². The zero-order valence-corrected chi connectivity index (χ0v) is 16.8. The Morgan fingerprint density at radius 3 is 2.36 bits per heavy atom. The molecular formula is C23H20N2O2S. The highest BCUT2D eigenvalue weighted by atomic mass is 32.2. The Morgan fingerprint density at radius 2 is 1.68 bits per heavy atom. The first-order valence-corrected chi connectivity index (χ1v) is 9.99. The molecule has 4 rings (SSSR count). The molecule has 1 aromatic heterocycles. The summed E-state index contributed by atoms with van der Waals surface area (Å²) >= 11 is 1.31. The number of fused-ring (bicyclic) bond motifs is 2. The summed E-state index contributed by atoms with van der Waals surface area (Å²) in [6.45, 7) is 3.84. The van der Waals surface area contributed by atoms with E-state index in [4.69, 9.17) is 0 Å². The molecule has 0 amide bonds. The SMILES string of the molecule is Cc1ccc(C(=O)[C@@H](C)Sc2nc3cc4ccccc4cc3c(=O)n2C)cc1. The lowest BCUT2D eigenvalue weighted by Gasteiger charge is -2.13. The molecular weight excluding hydrogens is 368 g/mol. The van der Waals surface area contributed by atoms with Crippen LogP contribution in [0.15, 0.2) is 70.6 Å². The van der Waals surface area contributed by atoms with Crippen molar-refractivity contribution in [2.75, 3.05) is 0 Å². The third-order valence-electron chi connectivity index (χ3n) is 4.89. The number of aryl methyl sites for hydroxylation is 1. The summed E-state index contributed by atoms with van der Waals surface area (Å²) in [6, 6.07) is 19.3. The molecule has 4 aromatic rings. The number of Topliss-reactive ketones (excluding diaryl/α,β-unsaturated/α-hetero) is 1. The molecule has 4 nitrogen and oxygen atoms in total. The Kier molecular flexibility index (Phi) is 4.77. The largest absolute Gasteiger partial charge is 0.293 e. The van der Waals surface area contributed by atoms with E-state index in [0.717, 1.165) is 16.3 Å². The third kappa shape index (κ3) is 3.34. The predicted molar refractivity (Wildman–Crippen MR) is 115 cm³/mol. The van der Waals surface area contributed by atoms with E-state index >= 15 is 0 Å². The molecule has 0 saturated carbocycles. The number of carbonyl (C=O) groups is 1. The fourth-order valence-electron chi connectivity index (χ4n) is 3.21. The van der Waals surface area contributed by atoms with E-state index in [1.54, 1.807) is 7.05 Å². The summed E-state index contributed by atoms with van der Waals surface area (Å²) in [6.07, 6.45) is 0. The van der Waals surface area contributed by atoms with Crippen molar-refractivity contribution in [2.24, 2.45) is 7.05 Å². The van der Waals surface area contributed by atoms with Gasteiger partial charge in [-0.3, -0.25) is 14.2 Å². The van der Waals surface area contributed by atoms with Crippen molar-refractivity contribution in [1.29, 1.82) is 0 Å². The second-order valence-corrected chi connectivity index (χ2v) is 8.27. The van der Waals surface area contributed by atoms with Gasteiger partial charge in [-0.05, 0) is 36.8 Å². The van der Waals surface area contributed by atoms with Gasteiger partial charge in [-0.1, -0.05) is 65.9 Å². The fraction of sp³-hybridized carbons (Fsp3) is 0.174. The first-order chi connectivity index (χ1) is 13.4. The van der Waals surface area contributed by atoms with E-state index in [2.05, 4.69) is 4.98 Å². The summed E-state index contributed by atoms with van der Waals surface area (Å²) < 4.78 is 1.53. The topological polar surface area (TPSA) is 52.0 Å². The number of aromatic nitrogens is 2. The van der Waals surface area contributed by atoms with Gasteiger partial charge in [-0.25, -0.2) is 4.98 Å². The molecule has 3 aromatic carbocycles. The van der Waals surface area contributed by atoms with Crippen molar-refractivity contribution in [2.45, 2.75) is 24.3 Å². The monoisotopic (exact) mass is 388 g/mol. The first-order valence-electron chi connectivity index (χ1n) is 9.11. The maximum atomic E-state index is 12.9. The van der Waals surface area contributed by atoms with Crippen molar-refractivity contribution < 1.29 is 4.79 Å². The maximum absolute atomic E-state index is 12.9. The van der Waals surface area contributed by atoms with Crippen molar-refractivity contribution in [3.63, 3.8) is 0 Å². The van der Waals surface area contributed by atoms with Crippen LogP contribution >= 0.6 is 11.8 Å². The number of thioether (sulfide) groups is 1. The molecule has 140 valence electrons. The highest BCUT2D eigenvalue weighted by Crippen LogP contribution is 2.26. The lowest BCUT2D eigenvalue weighted by molar-refractivity contribution is 0.0994. The van der Waals surface area contributed by atoms with Crippen molar-refractivity contribution in [1.82, 2.24) is 9.55 Å². The first kappa shape index (κ1) is 18.4. The number of hydrogen-bond donors (Lipinski definition) is 0. The molecule has 0 saturated heterocycles. The van der Waals surface area contributed by atoms with Crippen LogP contribution in [0.4, 0.5) is 0 Å². The van der Waals surface area contributed by atoms with Crippen LogP contribution in [0.25, 0.3) is 21.7 Å². The number of hydrogen-bond acceptors (Lipinski definition) is 4. The van der Waals surface area contributed by atoms with Gasteiger partial charge in [-0.15, -0.1) is 0 Å².